The van der Waals surface area contributed by atoms with Gasteiger partial charge in [0.25, 0.3) is 0 Å². The highest BCUT2D eigenvalue weighted by molar-refractivity contribution is 5.45. The average molecular weight is 246 g/mol. The summed E-state index contributed by atoms with van der Waals surface area (Å²) in [7, 11) is 1.91. The summed E-state index contributed by atoms with van der Waals surface area (Å²) in [6.07, 6.45) is 1.62. The molecule has 0 aliphatic rings. The van der Waals surface area contributed by atoms with Crippen molar-refractivity contribution in [2.75, 3.05) is 11.9 Å². The smallest absolute Gasteiger partial charge is 0.155 e. The van der Waals surface area contributed by atoms with Crippen LogP contribution in [0.1, 0.15) is 11.1 Å². The van der Waals surface area contributed by atoms with Crippen molar-refractivity contribution in [1.29, 1.82) is 0 Å². The fourth-order valence-electron chi connectivity index (χ4n) is 1.77. The molecule has 0 atom stereocenters. The van der Waals surface area contributed by atoms with Crippen LogP contribution in [0, 0.1) is 5.82 Å². The molecule has 5 heteroatoms. The maximum Gasteiger partial charge on any atom is 0.155 e. The van der Waals surface area contributed by atoms with Gasteiger partial charge in [-0.05, 0) is 23.8 Å². The number of rotatable bonds is 4. The Morgan fingerprint density at radius 1 is 1.22 bits per heavy atom. The van der Waals surface area contributed by atoms with Crippen molar-refractivity contribution in [3.63, 3.8) is 0 Å². The quantitative estimate of drug-likeness (QED) is 0.892. The predicted octanol–water partition coefficient (Wildman–Crippen LogP) is 1.71. The first-order valence-electron chi connectivity index (χ1n) is 5.67. The monoisotopic (exact) mass is 246 g/mol. The number of anilines is 1. The van der Waals surface area contributed by atoms with Crippen LogP contribution in [-0.4, -0.2) is 17.2 Å². The first kappa shape index (κ1) is 12.4. The second-order valence-electron chi connectivity index (χ2n) is 4.07. The lowest BCUT2D eigenvalue weighted by Gasteiger charge is -2.19. The number of halogens is 1. The number of aromatic nitrogens is 2. The SMILES string of the molecule is CN(Cc1ccc(F)cc1)c1nnccc1CN. The van der Waals surface area contributed by atoms with Gasteiger partial charge in [-0.3, -0.25) is 0 Å². The average Bonchev–Trinajstić information content (AvgIpc) is 2.41. The molecule has 0 bridgehead atoms. The fraction of sp³-hybridized carbons (Fsp3) is 0.231. The number of hydrogen-bond acceptors (Lipinski definition) is 4. The molecular formula is C13H15FN4. The van der Waals surface area contributed by atoms with E-state index < -0.39 is 0 Å². The summed E-state index contributed by atoms with van der Waals surface area (Å²) in [4.78, 5) is 1.95. The molecule has 2 N–H and O–H groups in total. The summed E-state index contributed by atoms with van der Waals surface area (Å²) in [5.41, 5.74) is 7.60. The molecule has 0 saturated carbocycles. The standard InChI is InChI=1S/C13H15FN4/c1-18(9-10-2-4-12(14)5-3-10)13-11(8-15)6-7-16-17-13/h2-7H,8-9,15H2,1H3. The highest BCUT2D eigenvalue weighted by Crippen LogP contribution is 2.16. The molecule has 2 aromatic rings. The zero-order chi connectivity index (χ0) is 13.0. The number of benzene rings is 1. The molecule has 1 aromatic carbocycles. The van der Waals surface area contributed by atoms with Crippen molar-refractivity contribution in [3.8, 4) is 0 Å². The molecule has 0 aliphatic carbocycles. The van der Waals surface area contributed by atoms with Gasteiger partial charge in [-0.1, -0.05) is 12.1 Å². The van der Waals surface area contributed by atoms with Gasteiger partial charge in [0.1, 0.15) is 5.82 Å². The highest BCUT2D eigenvalue weighted by Gasteiger charge is 2.08. The summed E-state index contributed by atoms with van der Waals surface area (Å²) >= 11 is 0. The van der Waals surface area contributed by atoms with Crippen molar-refractivity contribution < 1.29 is 4.39 Å². The molecule has 0 unspecified atom stereocenters. The Hall–Kier alpha value is -2.01. The molecule has 0 radical (unpaired) electrons. The van der Waals surface area contributed by atoms with E-state index in [-0.39, 0.29) is 5.82 Å². The van der Waals surface area contributed by atoms with Crippen molar-refractivity contribution in [3.05, 3.63) is 53.5 Å². The van der Waals surface area contributed by atoms with E-state index in [1.165, 1.54) is 12.1 Å². The molecule has 0 amide bonds. The summed E-state index contributed by atoms with van der Waals surface area (Å²) < 4.78 is 12.8. The summed E-state index contributed by atoms with van der Waals surface area (Å²) in [6, 6.07) is 8.26. The van der Waals surface area contributed by atoms with E-state index in [1.54, 1.807) is 18.3 Å². The van der Waals surface area contributed by atoms with Crippen LogP contribution in [0.3, 0.4) is 0 Å². The highest BCUT2D eigenvalue weighted by atomic mass is 19.1. The van der Waals surface area contributed by atoms with Gasteiger partial charge in [0, 0.05) is 25.7 Å². The van der Waals surface area contributed by atoms with E-state index in [1.807, 2.05) is 18.0 Å². The largest absolute Gasteiger partial charge is 0.354 e. The Labute approximate surface area is 105 Å². The molecule has 0 saturated heterocycles. The Bertz CT molecular complexity index is 513. The third-order valence-corrected chi connectivity index (χ3v) is 2.70. The minimum Gasteiger partial charge on any atom is -0.354 e. The van der Waals surface area contributed by atoms with Crippen LogP contribution in [0.5, 0.6) is 0 Å². The summed E-state index contributed by atoms with van der Waals surface area (Å²) in [5.74, 6) is 0.521. The van der Waals surface area contributed by atoms with Crippen molar-refractivity contribution in [1.82, 2.24) is 10.2 Å². The van der Waals surface area contributed by atoms with Gasteiger partial charge >= 0.3 is 0 Å². The van der Waals surface area contributed by atoms with Crippen molar-refractivity contribution in [2.45, 2.75) is 13.1 Å². The van der Waals surface area contributed by atoms with E-state index in [0.717, 1.165) is 16.9 Å². The Morgan fingerprint density at radius 3 is 2.61 bits per heavy atom. The number of hydrogen-bond donors (Lipinski definition) is 1. The van der Waals surface area contributed by atoms with Crippen LogP contribution >= 0.6 is 0 Å². The van der Waals surface area contributed by atoms with Gasteiger partial charge in [0.05, 0.1) is 6.20 Å². The number of nitrogens with zero attached hydrogens (tertiary/aromatic N) is 3. The molecule has 18 heavy (non-hydrogen) atoms. The van der Waals surface area contributed by atoms with Gasteiger partial charge < -0.3 is 10.6 Å². The second kappa shape index (κ2) is 5.55. The van der Waals surface area contributed by atoms with Gasteiger partial charge in [0.2, 0.25) is 0 Å². The fourth-order valence-corrected chi connectivity index (χ4v) is 1.77. The minimum absolute atomic E-state index is 0.233. The van der Waals surface area contributed by atoms with Crippen molar-refractivity contribution >= 4 is 5.82 Å². The zero-order valence-electron chi connectivity index (χ0n) is 10.2. The summed E-state index contributed by atoms with van der Waals surface area (Å²) in [5, 5.41) is 7.95. The molecule has 1 heterocycles. The summed E-state index contributed by atoms with van der Waals surface area (Å²) in [6.45, 7) is 1.05. The molecule has 4 nitrogen and oxygen atoms in total. The molecule has 0 aliphatic heterocycles. The van der Waals surface area contributed by atoms with Crippen LogP contribution in [0.15, 0.2) is 36.5 Å². The van der Waals surface area contributed by atoms with Gasteiger partial charge in [0.15, 0.2) is 5.82 Å². The zero-order valence-corrected chi connectivity index (χ0v) is 10.2. The topological polar surface area (TPSA) is 55.0 Å². The Balaban J connectivity index is 2.16. The van der Waals surface area contributed by atoms with Crippen molar-refractivity contribution in [2.24, 2.45) is 5.73 Å². The molecular weight excluding hydrogens is 231 g/mol. The van der Waals surface area contributed by atoms with Crippen LogP contribution in [0.2, 0.25) is 0 Å². The third kappa shape index (κ3) is 2.81. The number of nitrogens with two attached hydrogens (primary N) is 1. The normalized spacial score (nSPS) is 10.4. The molecule has 2 rings (SSSR count). The molecule has 94 valence electrons. The first-order chi connectivity index (χ1) is 8.70. The maximum atomic E-state index is 12.8. The van der Waals surface area contributed by atoms with Crippen LogP contribution in [0.4, 0.5) is 10.2 Å². The lowest BCUT2D eigenvalue weighted by Crippen LogP contribution is -2.20. The lowest BCUT2D eigenvalue weighted by molar-refractivity contribution is 0.627. The van der Waals surface area contributed by atoms with E-state index >= 15 is 0 Å². The Morgan fingerprint density at radius 2 is 1.94 bits per heavy atom. The van der Waals surface area contributed by atoms with E-state index in [0.29, 0.717) is 13.1 Å². The van der Waals surface area contributed by atoms with Gasteiger partial charge in [-0.15, -0.1) is 5.10 Å². The van der Waals surface area contributed by atoms with E-state index in [4.69, 9.17) is 5.73 Å². The van der Waals surface area contributed by atoms with E-state index in [9.17, 15) is 4.39 Å². The minimum atomic E-state index is -0.233. The second-order valence-corrected chi connectivity index (χ2v) is 4.07. The van der Waals surface area contributed by atoms with Gasteiger partial charge in [-0.2, -0.15) is 5.10 Å². The first-order valence-corrected chi connectivity index (χ1v) is 5.67. The molecule has 1 aromatic heterocycles. The van der Waals surface area contributed by atoms with Crippen LogP contribution in [0.25, 0.3) is 0 Å². The van der Waals surface area contributed by atoms with Crippen LogP contribution in [-0.2, 0) is 13.1 Å². The molecule has 0 fully saturated rings. The third-order valence-electron chi connectivity index (χ3n) is 2.70. The van der Waals surface area contributed by atoms with Crippen LogP contribution < -0.4 is 10.6 Å². The Kier molecular flexibility index (Phi) is 3.84. The lowest BCUT2D eigenvalue weighted by atomic mass is 10.2. The maximum absolute atomic E-state index is 12.8. The van der Waals surface area contributed by atoms with E-state index in [2.05, 4.69) is 10.2 Å². The van der Waals surface area contributed by atoms with Gasteiger partial charge in [-0.25, -0.2) is 4.39 Å². The predicted molar refractivity (Wildman–Crippen MR) is 68.4 cm³/mol. The molecule has 0 spiro atoms.